The van der Waals surface area contributed by atoms with Gasteiger partial charge in [-0.3, -0.25) is 4.79 Å². The van der Waals surface area contributed by atoms with E-state index in [0.29, 0.717) is 36.0 Å². The molecule has 0 bridgehead atoms. The number of nitrogens with zero attached hydrogens (tertiary/aromatic N) is 3. The molecule has 29 heavy (non-hydrogen) atoms. The van der Waals surface area contributed by atoms with Crippen LogP contribution in [0.3, 0.4) is 0 Å². The summed E-state index contributed by atoms with van der Waals surface area (Å²) in [5.74, 6) is 0.709. The Bertz CT molecular complexity index is 988. The third kappa shape index (κ3) is 3.51. The van der Waals surface area contributed by atoms with E-state index in [9.17, 15) is 14.3 Å². The lowest BCUT2D eigenvalue weighted by Gasteiger charge is -2.36. The van der Waals surface area contributed by atoms with Crippen LogP contribution in [0.25, 0.3) is 5.70 Å². The van der Waals surface area contributed by atoms with Gasteiger partial charge < -0.3 is 25.0 Å². The number of nitrogens with one attached hydrogen (secondary N) is 1. The van der Waals surface area contributed by atoms with Gasteiger partial charge in [0.25, 0.3) is 5.91 Å². The topological polar surface area (TPSA) is 77.9 Å². The lowest BCUT2D eigenvalue weighted by Crippen LogP contribution is -2.50. The van der Waals surface area contributed by atoms with Crippen LogP contribution in [0.1, 0.15) is 18.1 Å². The van der Waals surface area contributed by atoms with E-state index in [1.165, 1.54) is 0 Å². The van der Waals surface area contributed by atoms with E-state index in [-0.39, 0.29) is 5.91 Å². The summed E-state index contributed by atoms with van der Waals surface area (Å²) in [6, 6.07) is 9.17. The van der Waals surface area contributed by atoms with Gasteiger partial charge in [-0.05, 0) is 49.7 Å². The largest absolute Gasteiger partial charge is 0.437 e. The second kappa shape index (κ2) is 7.36. The molecule has 7 nitrogen and oxygen atoms in total. The Hall–Kier alpha value is -3.13. The number of halogens is 1. The number of hydrogen-bond donors (Lipinski definition) is 2. The second-order valence-corrected chi connectivity index (χ2v) is 7.34. The van der Waals surface area contributed by atoms with Crippen molar-refractivity contribution in [2.24, 2.45) is 0 Å². The summed E-state index contributed by atoms with van der Waals surface area (Å²) in [5, 5.41) is 12.6. The smallest absolute Gasteiger partial charge is 0.252 e. The van der Waals surface area contributed by atoms with Crippen molar-refractivity contribution in [1.29, 1.82) is 0 Å². The minimum Gasteiger partial charge on any atom is -0.437 e. The van der Waals surface area contributed by atoms with E-state index in [1.807, 2.05) is 30.0 Å². The molecule has 2 aliphatic rings. The van der Waals surface area contributed by atoms with Crippen molar-refractivity contribution in [3.63, 3.8) is 0 Å². The number of carbonyl (C=O) groups is 1. The van der Waals surface area contributed by atoms with Crippen molar-refractivity contribution in [3.8, 4) is 11.6 Å². The number of benzene rings is 1. The minimum absolute atomic E-state index is 0.302. The lowest BCUT2D eigenvalue weighted by atomic mass is 9.99. The predicted molar refractivity (Wildman–Crippen MR) is 107 cm³/mol. The van der Waals surface area contributed by atoms with Gasteiger partial charge in [0.15, 0.2) is 0 Å². The molecule has 0 saturated carbocycles. The molecule has 1 aromatic carbocycles. The Balaban J connectivity index is 1.62. The van der Waals surface area contributed by atoms with E-state index in [4.69, 9.17) is 4.74 Å². The maximum atomic E-state index is 13.2. The van der Waals surface area contributed by atoms with E-state index in [2.05, 4.69) is 10.3 Å². The van der Waals surface area contributed by atoms with Gasteiger partial charge in [-0.2, -0.15) is 0 Å². The standard InChI is InChI=1S/C21H23FN4O3/c1-12-9-15(29-20-17(5-4-8-23-20)26-10-14(22)11-26)6-7-16(12)18-13(2)19(27)24-21(28)25(18)3/h4-9,14,21,28H,10-11H2,1-3H3,(H,24,27). The molecule has 3 heterocycles. The third-order valence-electron chi connectivity index (χ3n) is 5.27. The molecular weight excluding hydrogens is 375 g/mol. The zero-order valence-electron chi connectivity index (χ0n) is 16.5. The molecule has 1 fully saturated rings. The summed E-state index contributed by atoms with van der Waals surface area (Å²) < 4.78 is 19.2. The molecular formula is C21H23FN4O3. The van der Waals surface area contributed by atoms with Crippen LogP contribution < -0.4 is 15.0 Å². The summed E-state index contributed by atoms with van der Waals surface area (Å²) in [6.45, 7) is 4.31. The lowest BCUT2D eigenvalue weighted by molar-refractivity contribution is -0.124. The number of aliphatic hydroxyl groups is 1. The number of aliphatic hydroxyl groups excluding tert-OH is 1. The number of anilines is 1. The van der Waals surface area contributed by atoms with Crippen LogP contribution in [-0.4, -0.2) is 53.6 Å². The average Bonchev–Trinajstić information content (AvgIpc) is 2.66. The van der Waals surface area contributed by atoms with E-state index in [1.54, 1.807) is 37.2 Å². The van der Waals surface area contributed by atoms with Crippen molar-refractivity contribution >= 4 is 17.3 Å². The summed E-state index contributed by atoms with van der Waals surface area (Å²) in [6.07, 6.45) is -0.262. The predicted octanol–water partition coefficient (Wildman–Crippen LogP) is 2.41. The van der Waals surface area contributed by atoms with E-state index >= 15 is 0 Å². The SMILES string of the molecule is CC1=C(c2ccc(Oc3ncccc3N3CC(F)C3)cc2C)N(C)C(O)NC1=O. The second-order valence-electron chi connectivity index (χ2n) is 7.34. The zero-order chi connectivity index (χ0) is 20.7. The van der Waals surface area contributed by atoms with Crippen LogP contribution in [0.5, 0.6) is 11.6 Å². The molecule has 1 atom stereocenters. The average molecular weight is 398 g/mol. The molecule has 2 aliphatic heterocycles. The minimum atomic E-state index is -1.08. The summed E-state index contributed by atoms with van der Waals surface area (Å²) in [5.41, 5.74) is 3.67. The van der Waals surface area contributed by atoms with Gasteiger partial charge in [-0.15, -0.1) is 0 Å². The Labute approximate surface area is 168 Å². The zero-order valence-corrected chi connectivity index (χ0v) is 16.5. The fraction of sp³-hybridized carbons (Fsp3) is 0.333. The van der Waals surface area contributed by atoms with Crippen LogP contribution in [-0.2, 0) is 4.79 Å². The number of amides is 1. The fourth-order valence-corrected chi connectivity index (χ4v) is 3.61. The number of rotatable bonds is 4. The quantitative estimate of drug-likeness (QED) is 0.824. The molecule has 0 spiro atoms. The van der Waals surface area contributed by atoms with E-state index in [0.717, 1.165) is 16.8 Å². The first-order valence-electron chi connectivity index (χ1n) is 9.40. The van der Waals surface area contributed by atoms with Gasteiger partial charge in [-0.25, -0.2) is 9.37 Å². The van der Waals surface area contributed by atoms with Crippen LogP contribution in [0, 0.1) is 6.92 Å². The molecule has 2 aromatic rings. The first-order valence-corrected chi connectivity index (χ1v) is 9.40. The van der Waals surface area contributed by atoms with Gasteiger partial charge in [0.05, 0.1) is 18.8 Å². The molecule has 2 N–H and O–H groups in total. The number of ether oxygens (including phenoxy) is 1. The molecule has 1 unspecified atom stereocenters. The summed E-state index contributed by atoms with van der Waals surface area (Å²) in [4.78, 5) is 19.9. The third-order valence-corrected chi connectivity index (χ3v) is 5.27. The van der Waals surface area contributed by atoms with Crippen LogP contribution >= 0.6 is 0 Å². The molecule has 0 aliphatic carbocycles. The maximum Gasteiger partial charge on any atom is 0.252 e. The van der Waals surface area contributed by atoms with Crippen LogP contribution in [0.4, 0.5) is 10.1 Å². The highest BCUT2D eigenvalue weighted by molar-refractivity contribution is 6.02. The van der Waals surface area contributed by atoms with Crippen molar-refractivity contribution in [1.82, 2.24) is 15.2 Å². The molecule has 1 aromatic heterocycles. The van der Waals surface area contributed by atoms with E-state index < -0.39 is 12.5 Å². The van der Waals surface area contributed by atoms with Crippen molar-refractivity contribution in [2.75, 3.05) is 25.0 Å². The van der Waals surface area contributed by atoms with Crippen molar-refractivity contribution < 1.29 is 19.0 Å². The highest BCUT2D eigenvalue weighted by Gasteiger charge is 2.30. The first kappa shape index (κ1) is 19.2. The molecule has 1 saturated heterocycles. The van der Waals surface area contributed by atoms with Gasteiger partial charge in [0.1, 0.15) is 17.6 Å². The summed E-state index contributed by atoms with van der Waals surface area (Å²) >= 11 is 0. The highest BCUT2D eigenvalue weighted by atomic mass is 19.1. The number of pyridine rings is 1. The highest BCUT2D eigenvalue weighted by Crippen LogP contribution is 2.35. The van der Waals surface area contributed by atoms with Gasteiger partial charge >= 0.3 is 0 Å². The Morgan fingerprint density at radius 1 is 1.28 bits per heavy atom. The van der Waals surface area contributed by atoms with Gasteiger partial charge in [0.2, 0.25) is 12.2 Å². The van der Waals surface area contributed by atoms with Gasteiger partial charge in [-0.1, -0.05) is 0 Å². The number of carbonyl (C=O) groups excluding carboxylic acids is 1. The molecule has 1 amide bonds. The Morgan fingerprint density at radius 2 is 2.03 bits per heavy atom. The molecule has 4 rings (SSSR count). The molecule has 152 valence electrons. The molecule has 8 heteroatoms. The number of aryl methyl sites for hydroxylation is 1. The van der Waals surface area contributed by atoms with Crippen LogP contribution in [0.15, 0.2) is 42.1 Å². The number of aromatic nitrogens is 1. The van der Waals surface area contributed by atoms with Crippen molar-refractivity contribution in [3.05, 3.63) is 53.2 Å². The van der Waals surface area contributed by atoms with Crippen molar-refractivity contribution in [2.45, 2.75) is 26.4 Å². The van der Waals surface area contributed by atoms with Crippen LogP contribution in [0.2, 0.25) is 0 Å². The normalized spacial score (nSPS) is 19.9. The number of hydrogen-bond acceptors (Lipinski definition) is 6. The fourth-order valence-electron chi connectivity index (χ4n) is 3.61. The molecule has 0 radical (unpaired) electrons. The monoisotopic (exact) mass is 398 g/mol. The van der Waals surface area contributed by atoms with Gasteiger partial charge in [0, 0.05) is 24.4 Å². The first-order chi connectivity index (χ1) is 13.8. The Kier molecular flexibility index (Phi) is 4.87. The summed E-state index contributed by atoms with van der Waals surface area (Å²) in [7, 11) is 1.72. The number of alkyl halides is 1. The Morgan fingerprint density at radius 3 is 2.72 bits per heavy atom. The maximum absolute atomic E-state index is 13.2.